The van der Waals surface area contributed by atoms with Crippen LogP contribution in [-0.2, 0) is 45.4 Å². The normalized spacial score (nSPS) is 20.2. The number of benzene rings is 2. The number of hydrogen-bond acceptors (Lipinski definition) is 6. The summed E-state index contributed by atoms with van der Waals surface area (Å²) in [6, 6.07) is 6.26. The number of rotatable bonds is 5. The van der Waals surface area contributed by atoms with Crippen molar-refractivity contribution >= 4 is 45.0 Å². The van der Waals surface area contributed by atoms with Crippen LogP contribution in [0, 0.1) is 0 Å². The summed E-state index contributed by atoms with van der Waals surface area (Å²) >= 11 is 12.0. The molecular formula is C28H25Cl2F3N6O4S. The average molecular weight is 670 g/mol. The molecule has 232 valence electrons. The van der Waals surface area contributed by atoms with Gasteiger partial charge < -0.3 is 10.2 Å². The first-order valence-electron chi connectivity index (χ1n) is 13.7. The minimum atomic E-state index is -4.94. The molecular weight excluding hydrogens is 644 g/mol. The molecule has 3 aromatic rings. The summed E-state index contributed by atoms with van der Waals surface area (Å²) in [5, 5.41) is 11.3. The summed E-state index contributed by atoms with van der Waals surface area (Å²) in [7, 11) is -4.20. The van der Waals surface area contributed by atoms with Crippen LogP contribution in [0.4, 0.5) is 13.2 Å². The van der Waals surface area contributed by atoms with Crippen LogP contribution in [0.3, 0.4) is 0 Å². The zero-order valence-corrected chi connectivity index (χ0v) is 25.2. The second kappa shape index (κ2) is 11.4. The molecule has 0 saturated carbocycles. The first-order chi connectivity index (χ1) is 20.8. The molecule has 0 radical (unpaired) electrons. The quantitative estimate of drug-likeness (QED) is 0.436. The largest absolute Gasteiger partial charge is 0.471 e. The molecule has 10 nitrogen and oxygen atoms in total. The summed E-state index contributed by atoms with van der Waals surface area (Å²) in [6.07, 6.45) is 1.52. The fraction of sp³-hybridized carbons (Fsp3) is 0.357. The molecule has 0 unspecified atom stereocenters. The summed E-state index contributed by atoms with van der Waals surface area (Å²) in [5.74, 6) is -2.40. The van der Waals surface area contributed by atoms with E-state index in [2.05, 4.69) is 15.6 Å². The van der Waals surface area contributed by atoms with Crippen molar-refractivity contribution in [2.45, 2.75) is 61.8 Å². The van der Waals surface area contributed by atoms with Gasteiger partial charge in [0.25, 0.3) is 10.0 Å². The summed E-state index contributed by atoms with van der Waals surface area (Å²) in [6.45, 7) is -0.110. The van der Waals surface area contributed by atoms with E-state index in [1.165, 1.54) is 30.6 Å². The lowest BCUT2D eigenvalue weighted by Gasteiger charge is -2.34. The predicted octanol–water partition coefficient (Wildman–Crippen LogP) is 4.16. The number of halogens is 5. The molecule has 44 heavy (non-hydrogen) atoms. The minimum absolute atomic E-state index is 0.00171. The average Bonchev–Trinajstić information content (AvgIpc) is 3.46. The Morgan fingerprint density at radius 1 is 1.09 bits per heavy atom. The second-order valence-electron chi connectivity index (χ2n) is 10.8. The molecule has 3 heterocycles. The number of hydrogen-bond donors (Lipinski definition) is 1. The maximum absolute atomic E-state index is 13.5. The molecule has 0 bridgehead atoms. The van der Waals surface area contributed by atoms with E-state index in [9.17, 15) is 31.2 Å². The van der Waals surface area contributed by atoms with Crippen molar-refractivity contribution in [1.29, 1.82) is 0 Å². The number of carbonyl (C=O) groups excluding carboxylic acids is 2. The van der Waals surface area contributed by atoms with Crippen LogP contribution in [-0.4, -0.2) is 63.2 Å². The standard InChI is InChI=1S/C28H25Cl2F3N6O4S/c29-22-7-5-18(13-23(22)30)44(42,43)39-11-9-34-26(40)25(39)12-17-14-38(36-35-17)24-3-1-2-19-20(24)6-4-16-8-10-37(15-21(16)19)27(41)28(31,32)33/h4-7,9,11,13-14,24-25H,1-3,8,10,12,15H2,(H,34,40)/t24-,25-/m1/s1. The molecule has 1 aromatic heterocycles. The third kappa shape index (κ3) is 5.54. The van der Waals surface area contributed by atoms with Crippen LogP contribution in [0.25, 0.3) is 0 Å². The van der Waals surface area contributed by atoms with Crippen LogP contribution in [0.5, 0.6) is 0 Å². The Kier molecular flexibility index (Phi) is 7.87. The summed E-state index contributed by atoms with van der Waals surface area (Å²) in [5.41, 5.74) is 3.82. The molecule has 2 atom stereocenters. The van der Waals surface area contributed by atoms with E-state index < -0.39 is 34.1 Å². The number of sulfonamides is 1. The third-order valence-electron chi connectivity index (χ3n) is 8.16. The highest BCUT2D eigenvalue weighted by Gasteiger charge is 2.44. The van der Waals surface area contributed by atoms with Crippen LogP contribution in [0.2, 0.25) is 10.0 Å². The fourth-order valence-corrected chi connectivity index (χ4v) is 7.87. The topological polar surface area (TPSA) is 118 Å². The molecule has 2 aromatic carbocycles. The summed E-state index contributed by atoms with van der Waals surface area (Å²) in [4.78, 5) is 25.6. The molecule has 3 aliphatic rings. The summed E-state index contributed by atoms with van der Waals surface area (Å²) < 4.78 is 69.0. The number of carbonyl (C=O) groups is 2. The van der Waals surface area contributed by atoms with Gasteiger partial charge in [-0.1, -0.05) is 40.5 Å². The molecule has 16 heteroatoms. The van der Waals surface area contributed by atoms with Crippen molar-refractivity contribution < 1.29 is 31.2 Å². The van der Waals surface area contributed by atoms with Crippen LogP contribution < -0.4 is 5.32 Å². The molecule has 1 N–H and O–H groups in total. The third-order valence-corrected chi connectivity index (χ3v) is 10.7. The lowest BCUT2D eigenvalue weighted by atomic mass is 9.81. The zero-order valence-electron chi connectivity index (χ0n) is 22.9. The Labute approximate surface area is 260 Å². The Morgan fingerprint density at radius 2 is 1.89 bits per heavy atom. The van der Waals surface area contributed by atoms with Gasteiger partial charge in [0, 0.05) is 38.1 Å². The Hall–Kier alpha value is -3.62. The van der Waals surface area contributed by atoms with Gasteiger partial charge in [-0.3, -0.25) is 13.9 Å². The van der Waals surface area contributed by atoms with Gasteiger partial charge in [0.1, 0.15) is 6.04 Å². The second-order valence-corrected chi connectivity index (χ2v) is 13.5. The Morgan fingerprint density at radius 3 is 2.64 bits per heavy atom. The van der Waals surface area contributed by atoms with Crippen molar-refractivity contribution in [2.24, 2.45) is 0 Å². The van der Waals surface area contributed by atoms with Gasteiger partial charge in [0.05, 0.1) is 26.7 Å². The van der Waals surface area contributed by atoms with E-state index >= 15 is 0 Å². The molecule has 0 saturated heterocycles. The Balaban J connectivity index is 1.26. The van der Waals surface area contributed by atoms with Gasteiger partial charge in [-0.05, 0) is 66.1 Å². The fourth-order valence-electron chi connectivity index (χ4n) is 6.03. The number of nitrogens with zero attached hydrogens (tertiary/aromatic N) is 5. The highest BCUT2D eigenvalue weighted by molar-refractivity contribution is 7.89. The monoisotopic (exact) mass is 668 g/mol. The van der Waals surface area contributed by atoms with Crippen LogP contribution in [0.15, 0.2) is 53.8 Å². The van der Waals surface area contributed by atoms with Gasteiger partial charge in [0.15, 0.2) is 0 Å². The van der Waals surface area contributed by atoms with Gasteiger partial charge in [-0.15, -0.1) is 5.10 Å². The maximum Gasteiger partial charge on any atom is 0.471 e. The van der Waals surface area contributed by atoms with E-state index in [1.54, 1.807) is 10.9 Å². The minimum Gasteiger partial charge on any atom is -0.330 e. The zero-order chi connectivity index (χ0) is 31.4. The van der Waals surface area contributed by atoms with Gasteiger partial charge in [-0.25, -0.2) is 13.1 Å². The molecule has 1 aliphatic carbocycles. The molecule has 2 aliphatic heterocycles. The highest BCUT2D eigenvalue weighted by atomic mass is 35.5. The van der Waals surface area contributed by atoms with E-state index in [0.29, 0.717) is 25.0 Å². The van der Waals surface area contributed by atoms with Crippen molar-refractivity contribution in [3.8, 4) is 0 Å². The number of alkyl halides is 3. The van der Waals surface area contributed by atoms with E-state index in [1.807, 2.05) is 12.1 Å². The van der Waals surface area contributed by atoms with Crippen molar-refractivity contribution in [2.75, 3.05) is 6.54 Å². The van der Waals surface area contributed by atoms with E-state index in [4.69, 9.17) is 23.2 Å². The van der Waals surface area contributed by atoms with Crippen LogP contribution >= 0.6 is 23.2 Å². The number of nitrogens with one attached hydrogen (secondary N) is 1. The number of aromatic nitrogens is 3. The molecule has 6 rings (SSSR count). The number of amides is 2. The first-order valence-corrected chi connectivity index (χ1v) is 15.9. The van der Waals surface area contributed by atoms with Crippen molar-refractivity contribution in [3.63, 3.8) is 0 Å². The smallest absolute Gasteiger partial charge is 0.330 e. The van der Waals surface area contributed by atoms with Gasteiger partial charge in [0.2, 0.25) is 5.91 Å². The Bertz CT molecular complexity index is 1800. The molecule has 2 amide bonds. The SMILES string of the molecule is O=C1NC=CN(S(=O)(=O)c2ccc(Cl)c(Cl)c2)[C@@H]1Cc1cn([C@@H]2CCCc3c2ccc2c3CN(C(=O)C(F)(F)F)CC2)nn1. The predicted molar refractivity (Wildman–Crippen MR) is 153 cm³/mol. The molecule has 0 fully saturated rings. The van der Waals surface area contributed by atoms with Gasteiger partial charge >= 0.3 is 12.1 Å². The number of fused-ring (bicyclic) bond motifs is 3. The van der Waals surface area contributed by atoms with Crippen molar-refractivity contribution in [3.05, 3.63) is 86.9 Å². The molecule has 0 spiro atoms. The van der Waals surface area contributed by atoms with Crippen molar-refractivity contribution in [1.82, 2.24) is 29.5 Å². The first kappa shape index (κ1) is 30.4. The van der Waals surface area contributed by atoms with Crippen LogP contribution in [0.1, 0.15) is 46.8 Å². The van der Waals surface area contributed by atoms with Gasteiger partial charge in [-0.2, -0.15) is 13.2 Å². The maximum atomic E-state index is 13.5. The lowest BCUT2D eigenvalue weighted by molar-refractivity contribution is -0.186. The van der Waals surface area contributed by atoms with E-state index in [0.717, 1.165) is 37.9 Å². The lowest BCUT2D eigenvalue weighted by Crippen LogP contribution is -2.50. The van der Waals surface area contributed by atoms with E-state index in [-0.39, 0.29) is 40.5 Å². The highest BCUT2D eigenvalue weighted by Crippen LogP contribution is 2.38.